The molecule has 0 aliphatic carbocycles. The molecule has 0 unspecified atom stereocenters. The molecule has 0 aromatic carbocycles. The highest BCUT2D eigenvalue weighted by atomic mass is 16.2. The molecule has 0 spiro atoms. The number of amides is 1. The van der Waals surface area contributed by atoms with Crippen LogP contribution in [0.25, 0.3) is 0 Å². The van der Waals surface area contributed by atoms with Gasteiger partial charge in [0.15, 0.2) is 0 Å². The molecule has 74 valence electrons. The first-order valence-corrected chi connectivity index (χ1v) is 4.26. The summed E-state index contributed by atoms with van der Waals surface area (Å²) in [4.78, 5) is 14.5. The Labute approximate surface area is 80.3 Å². The average Bonchev–Trinajstić information content (AvgIpc) is 2.03. The molecule has 0 aromatic rings. The Balaban J connectivity index is 4.39. The first kappa shape index (κ1) is 11.8. The lowest BCUT2D eigenvalue weighted by Crippen LogP contribution is -2.22. The fourth-order valence-corrected chi connectivity index (χ4v) is 0.908. The number of carbonyl (C=O) groups is 1. The molecule has 1 amide bonds. The third-order valence-electron chi connectivity index (χ3n) is 1.78. The van der Waals surface area contributed by atoms with Crippen molar-refractivity contribution < 1.29 is 4.79 Å². The quantitative estimate of drug-likeness (QED) is 0.664. The Morgan fingerprint density at radius 3 is 2.15 bits per heavy atom. The van der Waals surface area contributed by atoms with Crippen molar-refractivity contribution in [1.29, 1.82) is 0 Å². The molecule has 0 aliphatic heterocycles. The van der Waals surface area contributed by atoms with Crippen molar-refractivity contribution in [2.24, 2.45) is 0 Å². The minimum Gasteiger partial charge on any atom is -0.356 e. The van der Waals surface area contributed by atoms with Crippen LogP contribution in [0.15, 0.2) is 24.2 Å². The van der Waals surface area contributed by atoms with Gasteiger partial charge in [-0.15, -0.1) is 0 Å². The van der Waals surface area contributed by atoms with Crippen molar-refractivity contribution >= 4 is 5.91 Å². The standard InChI is InChI=1S/C10H18N2O/c1-6-7-11(4)8-9(2)12(5)10(3)13/h6-8H,1-5H3/b7-6-,9-8+. The summed E-state index contributed by atoms with van der Waals surface area (Å²) in [6, 6.07) is 0. The van der Waals surface area contributed by atoms with Gasteiger partial charge in [-0.05, 0) is 20.0 Å². The van der Waals surface area contributed by atoms with Gasteiger partial charge in [0.25, 0.3) is 0 Å². The SMILES string of the molecule is C/C=C\N(C)/C=C(\C)N(C)C(C)=O. The first-order valence-electron chi connectivity index (χ1n) is 4.26. The molecule has 0 saturated heterocycles. The molecule has 0 N–H and O–H groups in total. The van der Waals surface area contributed by atoms with E-state index in [1.165, 1.54) is 0 Å². The van der Waals surface area contributed by atoms with Gasteiger partial charge in [-0.3, -0.25) is 4.79 Å². The number of allylic oxidation sites excluding steroid dienone is 2. The van der Waals surface area contributed by atoms with Gasteiger partial charge in [-0.2, -0.15) is 0 Å². The minimum atomic E-state index is 0.0441. The molecular weight excluding hydrogens is 164 g/mol. The van der Waals surface area contributed by atoms with Crippen molar-refractivity contribution in [3.05, 3.63) is 24.2 Å². The largest absolute Gasteiger partial charge is 0.356 e. The summed E-state index contributed by atoms with van der Waals surface area (Å²) in [6.07, 6.45) is 5.77. The third-order valence-corrected chi connectivity index (χ3v) is 1.78. The predicted octanol–water partition coefficient (Wildman–Crippen LogP) is 1.79. The van der Waals surface area contributed by atoms with Crippen molar-refractivity contribution in [3.8, 4) is 0 Å². The molecule has 0 aromatic heterocycles. The molecule has 0 rings (SSSR count). The topological polar surface area (TPSA) is 23.6 Å². The molecule has 3 heteroatoms. The Hall–Kier alpha value is -1.25. The maximum atomic E-state index is 11.0. The van der Waals surface area contributed by atoms with Gasteiger partial charge in [0, 0.05) is 32.9 Å². The van der Waals surface area contributed by atoms with E-state index in [-0.39, 0.29) is 5.91 Å². The highest BCUT2D eigenvalue weighted by Crippen LogP contribution is 2.01. The summed E-state index contributed by atoms with van der Waals surface area (Å²) in [6.45, 7) is 5.41. The molecule has 3 nitrogen and oxygen atoms in total. The van der Waals surface area contributed by atoms with Gasteiger partial charge >= 0.3 is 0 Å². The van der Waals surface area contributed by atoms with Crippen LogP contribution in [0.2, 0.25) is 0 Å². The molecule has 0 fully saturated rings. The van der Waals surface area contributed by atoms with Gasteiger partial charge in [-0.1, -0.05) is 6.08 Å². The lowest BCUT2D eigenvalue weighted by molar-refractivity contribution is -0.125. The summed E-state index contributed by atoms with van der Waals surface area (Å²) >= 11 is 0. The van der Waals surface area contributed by atoms with Gasteiger partial charge < -0.3 is 9.80 Å². The highest BCUT2D eigenvalue weighted by Gasteiger charge is 2.03. The molecule has 0 aliphatic rings. The third kappa shape index (κ3) is 4.35. The summed E-state index contributed by atoms with van der Waals surface area (Å²) in [5.41, 5.74) is 0.924. The summed E-state index contributed by atoms with van der Waals surface area (Å²) < 4.78 is 0. The van der Waals surface area contributed by atoms with Crippen LogP contribution in [0.1, 0.15) is 20.8 Å². The van der Waals surface area contributed by atoms with Gasteiger partial charge in [0.05, 0.1) is 0 Å². The van der Waals surface area contributed by atoms with Crippen LogP contribution in [-0.2, 0) is 4.79 Å². The van der Waals surface area contributed by atoms with Crippen molar-refractivity contribution in [2.75, 3.05) is 14.1 Å². The van der Waals surface area contributed by atoms with Gasteiger partial charge in [-0.25, -0.2) is 0 Å². The fourth-order valence-electron chi connectivity index (χ4n) is 0.908. The zero-order valence-electron chi connectivity index (χ0n) is 9.03. The maximum Gasteiger partial charge on any atom is 0.223 e. The van der Waals surface area contributed by atoms with Crippen LogP contribution < -0.4 is 0 Å². The van der Waals surface area contributed by atoms with Crippen LogP contribution in [0.3, 0.4) is 0 Å². The van der Waals surface area contributed by atoms with E-state index < -0.39 is 0 Å². The van der Waals surface area contributed by atoms with E-state index in [0.717, 1.165) is 5.70 Å². The summed E-state index contributed by atoms with van der Waals surface area (Å²) in [7, 11) is 3.69. The number of carbonyl (C=O) groups excluding carboxylic acids is 1. The average molecular weight is 182 g/mol. The number of rotatable bonds is 3. The van der Waals surface area contributed by atoms with Crippen LogP contribution in [-0.4, -0.2) is 29.8 Å². The first-order chi connectivity index (χ1) is 5.99. The Morgan fingerprint density at radius 2 is 1.77 bits per heavy atom. The zero-order chi connectivity index (χ0) is 10.4. The van der Waals surface area contributed by atoms with Crippen LogP contribution >= 0.6 is 0 Å². The second-order valence-corrected chi connectivity index (χ2v) is 3.00. The lowest BCUT2D eigenvalue weighted by Gasteiger charge is -2.17. The number of hydrogen-bond acceptors (Lipinski definition) is 2. The predicted molar refractivity (Wildman–Crippen MR) is 54.8 cm³/mol. The molecule has 0 atom stereocenters. The van der Waals surface area contributed by atoms with Crippen LogP contribution in [0.5, 0.6) is 0 Å². The second-order valence-electron chi connectivity index (χ2n) is 3.00. The lowest BCUT2D eigenvalue weighted by atomic mass is 10.4. The van der Waals surface area contributed by atoms with Crippen molar-refractivity contribution in [1.82, 2.24) is 9.80 Å². The molecule has 0 bridgehead atoms. The minimum absolute atomic E-state index is 0.0441. The normalized spacial score (nSPS) is 11.9. The maximum absolute atomic E-state index is 11.0. The van der Waals surface area contributed by atoms with Gasteiger partial charge in [0.2, 0.25) is 5.91 Å². The zero-order valence-corrected chi connectivity index (χ0v) is 9.03. The number of hydrogen-bond donors (Lipinski definition) is 0. The smallest absolute Gasteiger partial charge is 0.223 e. The molecule has 0 heterocycles. The monoisotopic (exact) mass is 182 g/mol. The highest BCUT2D eigenvalue weighted by molar-refractivity contribution is 5.74. The van der Waals surface area contributed by atoms with Crippen LogP contribution in [0.4, 0.5) is 0 Å². The van der Waals surface area contributed by atoms with Gasteiger partial charge in [0.1, 0.15) is 0 Å². The van der Waals surface area contributed by atoms with E-state index in [2.05, 4.69) is 0 Å². The van der Waals surface area contributed by atoms with E-state index in [1.807, 2.05) is 44.3 Å². The summed E-state index contributed by atoms with van der Waals surface area (Å²) in [5, 5.41) is 0. The Kier molecular flexibility index (Phi) is 4.89. The molecular formula is C10H18N2O. The number of nitrogens with zero attached hydrogens (tertiary/aromatic N) is 2. The second kappa shape index (κ2) is 5.41. The van der Waals surface area contributed by atoms with E-state index >= 15 is 0 Å². The summed E-state index contributed by atoms with van der Waals surface area (Å²) in [5.74, 6) is 0.0441. The Morgan fingerprint density at radius 1 is 1.23 bits per heavy atom. The van der Waals surface area contributed by atoms with E-state index in [4.69, 9.17) is 0 Å². The molecule has 0 radical (unpaired) electrons. The van der Waals surface area contributed by atoms with E-state index in [1.54, 1.807) is 18.9 Å². The van der Waals surface area contributed by atoms with Crippen molar-refractivity contribution in [3.63, 3.8) is 0 Å². The molecule has 13 heavy (non-hydrogen) atoms. The fraction of sp³-hybridized carbons (Fsp3) is 0.500. The Bertz CT molecular complexity index is 231. The van der Waals surface area contributed by atoms with Crippen molar-refractivity contribution in [2.45, 2.75) is 20.8 Å². The molecule has 0 saturated carbocycles. The van der Waals surface area contributed by atoms with Crippen LogP contribution in [0, 0.1) is 0 Å². The van der Waals surface area contributed by atoms with E-state index in [0.29, 0.717) is 0 Å². The van der Waals surface area contributed by atoms with E-state index in [9.17, 15) is 4.79 Å².